The molecule has 8 heteroatoms. The van der Waals surface area contributed by atoms with Crippen LogP contribution in [0.1, 0.15) is 103 Å². The van der Waals surface area contributed by atoms with E-state index in [2.05, 4.69) is 15.3 Å². The van der Waals surface area contributed by atoms with Crippen molar-refractivity contribution in [2.24, 2.45) is 7.05 Å². The number of aromatic hydroxyl groups is 1. The first-order valence-corrected chi connectivity index (χ1v) is 12.8. The third-order valence-corrected chi connectivity index (χ3v) is 6.34. The van der Waals surface area contributed by atoms with Crippen molar-refractivity contribution in [1.82, 2.24) is 24.4 Å². The summed E-state index contributed by atoms with van der Waals surface area (Å²) >= 11 is 0. The van der Waals surface area contributed by atoms with E-state index in [1.54, 1.807) is 14.0 Å². The highest BCUT2D eigenvalue weighted by Crippen LogP contribution is 2.22. The van der Waals surface area contributed by atoms with Crippen LogP contribution >= 0.6 is 0 Å². The van der Waals surface area contributed by atoms with Gasteiger partial charge in [-0.2, -0.15) is 4.98 Å². The molecule has 0 fully saturated rings. The van der Waals surface area contributed by atoms with E-state index in [-0.39, 0.29) is 11.8 Å². The largest absolute Gasteiger partial charge is 0.492 e. The minimum Gasteiger partial charge on any atom is -0.492 e. The molecule has 0 aliphatic carbocycles. The summed E-state index contributed by atoms with van der Waals surface area (Å²) in [7, 11) is 1.63. The molecule has 0 saturated heterocycles. The van der Waals surface area contributed by atoms with Gasteiger partial charge in [0.05, 0.1) is 0 Å². The van der Waals surface area contributed by atoms with Gasteiger partial charge in [-0.1, -0.05) is 77.0 Å². The fourth-order valence-electron chi connectivity index (χ4n) is 4.37. The number of fused-ring (bicyclic) bond motifs is 1. The Labute approximate surface area is 197 Å². The number of unbranched alkanes of at least 4 members (excludes halogenated alkanes) is 13. The number of carbonyl (C=O) groups is 1. The number of hydrogen-bond acceptors (Lipinski definition) is 5. The number of nitrogens with zero attached hydrogens (tertiary/aromatic N) is 4. The molecule has 33 heavy (non-hydrogen) atoms. The molecule has 0 atom stereocenters. The van der Waals surface area contributed by atoms with E-state index < -0.39 is 5.69 Å². The van der Waals surface area contributed by atoms with E-state index in [1.165, 1.54) is 75.2 Å². The van der Waals surface area contributed by atoms with Crippen molar-refractivity contribution in [1.29, 1.82) is 0 Å². The van der Waals surface area contributed by atoms with Gasteiger partial charge in [-0.3, -0.25) is 9.36 Å². The second-order valence-electron chi connectivity index (χ2n) is 9.19. The third kappa shape index (κ3) is 9.18. The summed E-state index contributed by atoms with van der Waals surface area (Å²) < 4.78 is 3.36. The van der Waals surface area contributed by atoms with Gasteiger partial charge in [-0.05, 0) is 19.8 Å². The van der Waals surface area contributed by atoms with Crippen molar-refractivity contribution in [2.75, 3.05) is 6.54 Å². The van der Waals surface area contributed by atoms with Gasteiger partial charge in [0.1, 0.15) is 11.3 Å². The van der Waals surface area contributed by atoms with Crippen LogP contribution < -0.4 is 11.0 Å². The fourth-order valence-corrected chi connectivity index (χ4v) is 4.37. The summed E-state index contributed by atoms with van der Waals surface area (Å²) in [5.41, 5.74) is 0.562. The van der Waals surface area contributed by atoms with E-state index in [9.17, 15) is 14.7 Å². The molecule has 1 amide bonds. The minimum absolute atomic E-state index is 0.0715. The van der Waals surface area contributed by atoms with E-state index >= 15 is 0 Å². The molecule has 0 aromatic carbocycles. The van der Waals surface area contributed by atoms with Gasteiger partial charge < -0.3 is 15.0 Å². The van der Waals surface area contributed by atoms with Crippen molar-refractivity contribution in [2.45, 2.75) is 110 Å². The van der Waals surface area contributed by atoms with Crippen LogP contribution in [-0.4, -0.2) is 36.7 Å². The molecule has 8 nitrogen and oxygen atoms in total. The lowest BCUT2D eigenvalue weighted by Crippen LogP contribution is -2.20. The quantitative estimate of drug-likeness (QED) is 0.331. The van der Waals surface area contributed by atoms with Crippen LogP contribution in [0, 0.1) is 6.92 Å². The summed E-state index contributed by atoms with van der Waals surface area (Å²) in [4.78, 5) is 30.7. The van der Waals surface area contributed by atoms with E-state index in [0.717, 1.165) is 38.2 Å². The van der Waals surface area contributed by atoms with Gasteiger partial charge in [0.25, 0.3) is 0 Å². The number of aromatic nitrogens is 4. The Morgan fingerprint density at radius 2 is 1.33 bits per heavy atom. The zero-order valence-electron chi connectivity index (χ0n) is 20.9. The first kappa shape index (κ1) is 26.9. The Kier molecular flexibility index (Phi) is 12.0. The monoisotopic (exact) mass is 461 g/mol. The second-order valence-corrected chi connectivity index (χ2v) is 9.19. The summed E-state index contributed by atoms with van der Waals surface area (Å²) in [6.07, 6.45) is 17.6. The lowest BCUT2D eigenvalue weighted by Gasteiger charge is -2.08. The molecule has 2 rings (SSSR count). The Morgan fingerprint density at radius 1 is 0.848 bits per heavy atom. The summed E-state index contributed by atoms with van der Waals surface area (Å²) in [5.74, 6) is 0.645. The van der Waals surface area contributed by atoms with Crippen LogP contribution in [-0.2, 0) is 18.4 Å². The fraction of sp³-hybridized carbons (Fsp3) is 0.760. The molecule has 2 heterocycles. The maximum absolute atomic E-state index is 11.7. The van der Waals surface area contributed by atoms with Crippen LogP contribution in [0.25, 0.3) is 11.2 Å². The Balaban J connectivity index is 1.46. The van der Waals surface area contributed by atoms with E-state index in [4.69, 9.17) is 0 Å². The smallest absolute Gasteiger partial charge is 0.352 e. The van der Waals surface area contributed by atoms with Gasteiger partial charge >= 0.3 is 5.69 Å². The molecule has 0 spiro atoms. The summed E-state index contributed by atoms with van der Waals surface area (Å²) in [6.45, 7) is 5.07. The number of hydrogen-bond donors (Lipinski definition) is 2. The molecule has 0 unspecified atom stereocenters. The maximum Gasteiger partial charge on any atom is 0.352 e. The predicted octanol–water partition coefficient (Wildman–Crippen LogP) is 4.74. The zero-order chi connectivity index (χ0) is 24.1. The van der Waals surface area contributed by atoms with Crippen molar-refractivity contribution in [3.63, 3.8) is 0 Å². The Morgan fingerprint density at radius 3 is 1.85 bits per heavy atom. The lowest BCUT2D eigenvalue weighted by atomic mass is 10.0. The summed E-state index contributed by atoms with van der Waals surface area (Å²) in [5, 5.41) is 13.0. The number of carbonyl (C=O) groups excluding carboxylic acids is 1. The normalized spacial score (nSPS) is 11.4. The molecular weight excluding hydrogens is 418 g/mol. The first-order valence-electron chi connectivity index (χ1n) is 12.8. The Hall–Kier alpha value is -2.38. The van der Waals surface area contributed by atoms with E-state index in [0.29, 0.717) is 11.2 Å². The Bertz CT molecular complexity index is 919. The standard InChI is InChI=1S/C25H43N5O3/c1-20-27-23-22(24(32)28-25(33)29(23)3)30(20)19-17-15-13-11-9-7-5-4-6-8-10-12-14-16-18-26-21(2)31/h4-19H2,1-3H3,(H,26,31)(H,28,32,33). The molecule has 0 saturated carbocycles. The minimum atomic E-state index is -0.486. The molecule has 0 aliphatic heterocycles. The highest BCUT2D eigenvalue weighted by atomic mass is 16.3. The number of aryl methyl sites for hydroxylation is 3. The summed E-state index contributed by atoms with van der Waals surface area (Å²) in [6, 6.07) is 0. The molecule has 2 aromatic heterocycles. The van der Waals surface area contributed by atoms with Gasteiger partial charge in [-0.15, -0.1) is 0 Å². The van der Waals surface area contributed by atoms with Crippen molar-refractivity contribution < 1.29 is 9.90 Å². The molecule has 0 radical (unpaired) electrons. The molecule has 0 bridgehead atoms. The molecule has 186 valence electrons. The van der Waals surface area contributed by atoms with Gasteiger partial charge in [0.2, 0.25) is 11.8 Å². The maximum atomic E-state index is 11.7. The average molecular weight is 462 g/mol. The van der Waals surface area contributed by atoms with Crippen molar-refractivity contribution in [3.05, 3.63) is 16.3 Å². The highest BCUT2D eigenvalue weighted by Gasteiger charge is 2.16. The lowest BCUT2D eigenvalue weighted by molar-refractivity contribution is -0.118. The zero-order valence-corrected chi connectivity index (χ0v) is 20.9. The first-order chi connectivity index (χ1) is 15.9. The molecular formula is C25H43N5O3. The second kappa shape index (κ2) is 14.7. The van der Waals surface area contributed by atoms with Gasteiger partial charge in [0.15, 0.2) is 5.65 Å². The highest BCUT2D eigenvalue weighted by molar-refractivity contribution is 5.77. The average Bonchev–Trinajstić information content (AvgIpc) is 3.11. The van der Waals surface area contributed by atoms with Crippen LogP contribution in [0.4, 0.5) is 0 Å². The number of amides is 1. The topological polar surface area (TPSA) is 102 Å². The SMILES string of the molecule is CC(=O)NCCCCCCCCCCCCCCCCn1c(C)nc2c1c(O)nc(=O)n2C. The number of nitrogens with one attached hydrogen (secondary N) is 1. The number of rotatable bonds is 17. The molecule has 2 N–H and O–H groups in total. The van der Waals surface area contributed by atoms with Crippen LogP contribution in [0.3, 0.4) is 0 Å². The number of imidazole rings is 1. The van der Waals surface area contributed by atoms with Crippen LogP contribution in [0.5, 0.6) is 5.88 Å². The van der Waals surface area contributed by atoms with Crippen molar-refractivity contribution in [3.8, 4) is 5.88 Å². The molecule has 0 aliphatic rings. The third-order valence-electron chi connectivity index (χ3n) is 6.34. The van der Waals surface area contributed by atoms with Gasteiger partial charge in [0, 0.05) is 27.1 Å². The molecule has 2 aromatic rings. The van der Waals surface area contributed by atoms with E-state index in [1.807, 2.05) is 11.5 Å². The van der Waals surface area contributed by atoms with Crippen molar-refractivity contribution >= 4 is 17.1 Å². The van der Waals surface area contributed by atoms with Crippen LogP contribution in [0.2, 0.25) is 0 Å². The van der Waals surface area contributed by atoms with Crippen LogP contribution in [0.15, 0.2) is 4.79 Å². The van der Waals surface area contributed by atoms with Gasteiger partial charge in [-0.25, -0.2) is 9.78 Å². The predicted molar refractivity (Wildman–Crippen MR) is 132 cm³/mol.